The van der Waals surface area contributed by atoms with E-state index in [2.05, 4.69) is 28.5 Å². The van der Waals surface area contributed by atoms with Gasteiger partial charge in [-0.15, -0.1) is 0 Å². The van der Waals surface area contributed by atoms with Crippen LogP contribution in [0.25, 0.3) is 0 Å². The molecule has 0 aliphatic carbocycles. The van der Waals surface area contributed by atoms with Gasteiger partial charge in [0.05, 0.1) is 0 Å². The van der Waals surface area contributed by atoms with Gasteiger partial charge in [-0.1, -0.05) is 12.1 Å². The highest BCUT2D eigenvalue weighted by molar-refractivity contribution is 5.94. The van der Waals surface area contributed by atoms with Gasteiger partial charge in [-0.2, -0.15) is 0 Å². The van der Waals surface area contributed by atoms with Crippen LogP contribution in [0.1, 0.15) is 42.1 Å². The molecular weight excluding hydrogens is 378 g/mol. The minimum atomic E-state index is 0.0314. The van der Waals surface area contributed by atoms with Crippen LogP contribution in [0.5, 0.6) is 0 Å². The summed E-state index contributed by atoms with van der Waals surface area (Å²) in [6, 6.07) is 8.30. The lowest BCUT2D eigenvalue weighted by Crippen LogP contribution is -2.49. The molecule has 7 heteroatoms. The lowest BCUT2D eigenvalue weighted by Gasteiger charge is -2.33. The molecule has 0 radical (unpaired) electrons. The third-order valence-electron chi connectivity index (χ3n) is 5.35. The van der Waals surface area contributed by atoms with Gasteiger partial charge >= 0.3 is 0 Å². The first kappa shape index (κ1) is 24.2. The first-order valence-corrected chi connectivity index (χ1v) is 11.1. The molecule has 1 aromatic rings. The van der Waals surface area contributed by atoms with Gasteiger partial charge < -0.3 is 25.2 Å². The van der Waals surface area contributed by atoms with Gasteiger partial charge in [-0.3, -0.25) is 9.79 Å². The second-order valence-electron chi connectivity index (χ2n) is 8.02. The van der Waals surface area contributed by atoms with Gasteiger partial charge in [0.1, 0.15) is 0 Å². The van der Waals surface area contributed by atoms with Crippen molar-refractivity contribution in [3.63, 3.8) is 0 Å². The molecule has 1 fully saturated rings. The van der Waals surface area contributed by atoms with E-state index in [4.69, 9.17) is 9.73 Å². The second kappa shape index (κ2) is 13.2. The summed E-state index contributed by atoms with van der Waals surface area (Å²) in [5, 5.41) is 6.96. The van der Waals surface area contributed by atoms with Gasteiger partial charge in [0, 0.05) is 72.1 Å². The molecule has 0 unspecified atom stereocenters. The first-order chi connectivity index (χ1) is 14.5. The van der Waals surface area contributed by atoms with Crippen molar-refractivity contribution in [2.45, 2.75) is 38.6 Å². The Morgan fingerprint density at radius 1 is 1.30 bits per heavy atom. The van der Waals surface area contributed by atoms with Crippen LogP contribution in [-0.2, 0) is 11.2 Å². The maximum Gasteiger partial charge on any atom is 0.253 e. The Labute approximate surface area is 181 Å². The van der Waals surface area contributed by atoms with Crippen LogP contribution >= 0.6 is 0 Å². The summed E-state index contributed by atoms with van der Waals surface area (Å²) in [5.41, 5.74) is 1.86. The molecule has 7 nitrogen and oxygen atoms in total. The lowest BCUT2D eigenvalue weighted by molar-refractivity contribution is 0.0827. The fourth-order valence-electron chi connectivity index (χ4n) is 3.66. The number of guanidine groups is 1. The van der Waals surface area contributed by atoms with Crippen LogP contribution in [0.15, 0.2) is 29.3 Å². The molecule has 2 N–H and O–H groups in total. The van der Waals surface area contributed by atoms with Crippen molar-refractivity contribution in [2.24, 2.45) is 4.99 Å². The number of aliphatic imine (C=N–C) groups is 1. The fraction of sp³-hybridized carbons (Fsp3) is 0.652. The van der Waals surface area contributed by atoms with Gasteiger partial charge in [-0.25, -0.2) is 0 Å². The number of rotatable bonds is 10. The summed E-state index contributed by atoms with van der Waals surface area (Å²) in [6.07, 6.45) is 4.17. The number of amides is 1. The summed E-state index contributed by atoms with van der Waals surface area (Å²) < 4.78 is 5.15. The monoisotopic (exact) mass is 417 g/mol. The first-order valence-electron chi connectivity index (χ1n) is 11.1. The highest BCUT2D eigenvalue weighted by atomic mass is 16.5. The van der Waals surface area contributed by atoms with Crippen molar-refractivity contribution in [1.82, 2.24) is 20.4 Å². The fourth-order valence-corrected chi connectivity index (χ4v) is 3.66. The number of ether oxygens (including phenoxy) is 1. The van der Waals surface area contributed by atoms with E-state index in [1.165, 1.54) is 0 Å². The normalized spacial score (nSPS) is 15.8. The van der Waals surface area contributed by atoms with Crippen molar-refractivity contribution < 1.29 is 9.53 Å². The molecular formula is C23H39N5O2. The Morgan fingerprint density at radius 2 is 2.07 bits per heavy atom. The predicted molar refractivity (Wildman–Crippen MR) is 123 cm³/mol. The lowest BCUT2D eigenvalue weighted by atomic mass is 10.1. The van der Waals surface area contributed by atoms with Crippen LogP contribution in [0.3, 0.4) is 0 Å². The predicted octanol–water partition coefficient (Wildman–Crippen LogP) is 1.99. The van der Waals surface area contributed by atoms with Crippen LogP contribution < -0.4 is 10.6 Å². The number of methoxy groups -OCH3 is 1. The molecule has 1 heterocycles. The highest BCUT2D eigenvalue weighted by Crippen LogP contribution is 2.11. The number of nitrogens with one attached hydrogen (secondary N) is 2. The Bertz CT molecular complexity index is 669. The average Bonchev–Trinajstić information content (AvgIpc) is 2.75. The number of likely N-dealkylation sites (tertiary alicyclic amines) is 1. The van der Waals surface area contributed by atoms with Gasteiger partial charge in [-0.05, 0) is 50.3 Å². The SMILES string of the molecule is CCNC(=NCCc1cccc(C(=O)N(C)C)c1)NC1CCN(CCCOC)CC1. The smallest absolute Gasteiger partial charge is 0.253 e. The zero-order chi connectivity index (χ0) is 21.8. The van der Waals surface area contributed by atoms with E-state index in [0.29, 0.717) is 12.6 Å². The van der Waals surface area contributed by atoms with Gasteiger partial charge in [0.25, 0.3) is 5.91 Å². The van der Waals surface area contributed by atoms with Crippen molar-refractivity contribution in [3.8, 4) is 0 Å². The van der Waals surface area contributed by atoms with Crippen LogP contribution in [0.2, 0.25) is 0 Å². The molecule has 168 valence electrons. The van der Waals surface area contributed by atoms with E-state index in [1.54, 1.807) is 26.1 Å². The number of piperidine rings is 1. The molecule has 1 aliphatic heterocycles. The van der Waals surface area contributed by atoms with E-state index >= 15 is 0 Å². The zero-order valence-corrected chi connectivity index (χ0v) is 19.1. The maximum absolute atomic E-state index is 12.2. The third kappa shape index (κ3) is 8.32. The van der Waals surface area contributed by atoms with Crippen LogP contribution in [-0.4, -0.2) is 88.2 Å². The molecule has 0 aromatic heterocycles. The van der Waals surface area contributed by atoms with Gasteiger partial charge in [0.2, 0.25) is 0 Å². The summed E-state index contributed by atoms with van der Waals surface area (Å²) >= 11 is 0. The number of hydrogen-bond donors (Lipinski definition) is 2. The number of carbonyl (C=O) groups excluding carboxylic acids is 1. The van der Waals surface area contributed by atoms with Crippen molar-refractivity contribution in [1.29, 1.82) is 0 Å². The van der Waals surface area contributed by atoms with Crippen LogP contribution in [0, 0.1) is 0 Å². The Balaban J connectivity index is 1.82. The third-order valence-corrected chi connectivity index (χ3v) is 5.35. The number of carbonyl (C=O) groups is 1. The largest absolute Gasteiger partial charge is 0.385 e. The zero-order valence-electron chi connectivity index (χ0n) is 19.1. The Hall–Kier alpha value is -2.12. The summed E-state index contributed by atoms with van der Waals surface area (Å²) in [7, 11) is 5.31. The molecule has 1 saturated heterocycles. The number of benzene rings is 1. The molecule has 0 bridgehead atoms. The summed E-state index contributed by atoms with van der Waals surface area (Å²) in [6.45, 7) is 7.80. The molecule has 0 atom stereocenters. The summed E-state index contributed by atoms with van der Waals surface area (Å²) in [5.74, 6) is 0.916. The molecule has 1 aromatic carbocycles. The molecule has 2 rings (SSSR count). The quantitative estimate of drug-likeness (QED) is 0.346. The van der Waals surface area contributed by atoms with E-state index in [1.807, 2.05) is 18.2 Å². The Morgan fingerprint density at radius 3 is 2.73 bits per heavy atom. The van der Waals surface area contributed by atoms with E-state index in [-0.39, 0.29) is 5.91 Å². The van der Waals surface area contributed by atoms with Gasteiger partial charge in [0.15, 0.2) is 5.96 Å². The van der Waals surface area contributed by atoms with Crippen molar-refractivity contribution in [3.05, 3.63) is 35.4 Å². The van der Waals surface area contributed by atoms with Crippen molar-refractivity contribution in [2.75, 3.05) is 60.5 Å². The topological polar surface area (TPSA) is 69.2 Å². The minimum Gasteiger partial charge on any atom is -0.385 e. The van der Waals surface area contributed by atoms with E-state index < -0.39 is 0 Å². The maximum atomic E-state index is 12.2. The molecule has 1 amide bonds. The van der Waals surface area contributed by atoms with Crippen molar-refractivity contribution >= 4 is 11.9 Å². The summed E-state index contributed by atoms with van der Waals surface area (Å²) in [4.78, 5) is 21.0. The highest BCUT2D eigenvalue weighted by Gasteiger charge is 2.19. The van der Waals surface area contributed by atoms with E-state index in [0.717, 1.165) is 75.6 Å². The average molecular weight is 418 g/mol. The second-order valence-corrected chi connectivity index (χ2v) is 8.02. The standard InChI is InChI=1S/C23H39N5O2/c1-5-24-23(26-21-11-15-28(16-12-21)14-7-17-30-4)25-13-10-19-8-6-9-20(18-19)22(29)27(2)3/h6,8-9,18,21H,5,7,10-17H2,1-4H3,(H2,24,25,26). The Kier molecular flexibility index (Phi) is 10.7. The molecule has 0 spiro atoms. The van der Waals surface area contributed by atoms with Crippen LogP contribution in [0.4, 0.5) is 0 Å². The molecule has 30 heavy (non-hydrogen) atoms. The number of hydrogen-bond acceptors (Lipinski definition) is 4. The minimum absolute atomic E-state index is 0.0314. The van der Waals surface area contributed by atoms with E-state index in [9.17, 15) is 4.79 Å². The molecule has 0 saturated carbocycles. The molecule has 1 aliphatic rings. The number of nitrogens with zero attached hydrogens (tertiary/aromatic N) is 3.